The molecule has 16 heavy (non-hydrogen) atoms. The van der Waals surface area contributed by atoms with Crippen molar-refractivity contribution in [3.05, 3.63) is 23.8 Å². The molecule has 1 aromatic rings. The van der Waals surface area contributed by atoms with Crippen molar-refractivity contribution in [2.24, 2.45) is 0 Å². The van der Waals surface area contributed by atoms with Gasteiger partial charge in [0.1, 0.15) is 0 Å². The van der Waals surface area contributed by atoms with Gasteiger partial charge in [-0.2, -0.15) is 0 Å². The van der Waals surface area contributed by atoms with Gasteiger partial charge in [-0.15, -0.1) is 0 Å². The molecule has 0 aliphatic carbocycles. The second kappa shape index (κ2) is 6.66. The second-order valence-corrected chi connectivity index (χ2v) is 5.16. The van der Waals surface area contributed by atoms with Gasteiger partial charge in [0.05, 0.1) is 10.8 Å². The average molecular weight is 241 g/mol. The van der Waals surface area contributed by atoms with E-state index in [0.29, 0.717) is 24.7 Å². The molecule has 2 N–H and O–H groups in total. The number of rotatable bonds is 6. The maximum atomic E-state index is 12.0. The third-order valence-corrected chi connectivity index (χ3v) is 3.87. The Labute approximate surface area is 99.4 Å². The van der Waals surface area contributed by atoms with Crippen LogP contribution in [0.1, 0.15) is 18.9 Å². The molecule has 0 spiro atoms. The molecule has 0 aromatic heterocycles. The lowest BCUT2D eigenvalue weighted by atomic mass is 10.2. The third kappa shape index (κ3) is 3.94. The van der Waals surface area contributed by atoms with Crippen LogP contribution in [-0.4, -0.2) is 23.2 Å². The van der Waals surface area contributed by atoms with Gasteiger partial charge >= 0.3 is 0 Å². The molecule has 0 heterocycles. The lowest BCUT2D eigenvalue weighted by Crippen LogP contribution is -2.04. The van der Waals surface area contributed by atoms with Crippen LogP contribution in [0.25, 0.3) is 0 Å². The van der Waals surface area contributed by atoms with E-state index in [1.807, 2.05) is 26.0 Å². The fourth-order valence-electron chi connectivity index (χ4n) is 1.47. The molecule has 0 aliphatic heterocycles. The number of benzene rings is 1. The van der Waals surface area contributed by atoms with Crippen molar-refractivity contribution in [3.63, 3.8) is 0 Å². The molecule has 0 amide bonds. The normalized spacial score (nSPS) is 12.6. The number of nitrogens with two attached hydrogens (primary N) is 1. The van der Waals surface area contributed by atoms with Crippen molar-refractivity contribution in [3.8, 4) is 0 Å². The standard InChI is InChI=1S/C12H19NO2S/c1-3-15-7-4-8-16(14)12-6-5-11(13)9-10(12)2/h5-6,9H,3-4,7-8,13H2,1-2H3. The fraction of sp³-hybridized carbons (Fsp3) is 0.500. The smallest absolute Gasteiger partial charge is 0.0533 e. The topological polar surface area (TPSA) is 52.3 Å². The SMILES string of the molecule is CCOCCCS(=O)c1ccc(N)cc1C. The van der Waals surface area contributed by atoms with E-state index in [0.717, 1.165) is 16.9 Å². The van der Waals surface area contributed by atoms with Gasteiger partial charge in [0, 0.05) is 29.5 Å². The number of anilines is 1. The van der Waals surface area contributed by atoms with E-state index in [1.54, 1.807) is 6.07 Å². The number of hydrogen-bond donors (Lipinski definition) is 1. The first-order valence-electron chi connectivity index (χ1n) is 5.47. The zero-order chi connectivity index (χ0) is 12.0. The summed E-state index contributed by atoms with van der Waals surface area (Å²) in [7, 11) is -0.942. The third-order valence-electron chi connectivity index (χ3n) is 2.27. The first-order chi connectivity index (χ1) is 7.65. The van der Waals surface area contributed by atoms with Crippen LogP contribution in [0.4, 0.5) is 5.69 Å². The van der Waals surface area contributed by atoms with E-state index < -0.39 is 10.8 Å². The molecule has 3 nitrogen and oxygen atoms in total. The molecule has 1 unspecified atom stereocenters. The molecular weight excluding hydrogens is 222 g/mol. The molecule has 1 aromatic carbocycles. The van der Waals surface area contributed by atoms with Gasteiger partial charge in [-0.1, -0.05) is 0 Å². The minimum absolute atomic E-state index is 0.644. The molecule has 0 bridgehead atoms. The molecule has 0 saturated heterocycles. The van der Waals surface area contributed by atoms with Crippen LogP contribution in [0.3, 0.4) is 0 Å². The van der Waals surface area contributed by atoms with Gasteiger partial charge in [0.15, 0.2) is 0 Å². The summed E-state index contributed by atoms with van der Waals surface area (Å²) in [5.74, 6) is 0.644. The van der Waals surface area contributed by atoms with Gasteiger partial charge in [0.2, 0.25) is 0 Å². The van der Waals surface area contributed by atoms with Crippen LogP contribution in [0.5, 0.6) is 0 Å². The molecule has 0 saturated carbocycles. The first-order valence-corrected chi connectivity index (χ1v) is 6.79. The molecule has 0 radical (unpaired) electrons. The summed E-state index contributed by atoms with van der Waals surface area (Å²) in [6.07, 6.45) is 0.824. The second-order valence-electron chi connectivity index (χ2n) is 3.63. The van der Waals surface area contributed by atoms with Crippen LogP contribution in [0, 0.1) is 6.92 Å². The fourth-order valence-corrected chi connectivity index (χ4v) is 2.71. The van der Waals surface area contributed by atoms with Crippen molar-refractivity contribution in [2.45, 2.75) is 25.2 Å². The summed E-state index contributed by atoms with van der Waals surface area (Å²) in [6.45, 7) is 5.29. The minimum atomic E-state index is -0.942. The summed E-state index contributed by atoms with van der Waals surface area (Å²) in [5.41, 5.74) is 7.36. The van der Waals surface area contributed by atoms with Crippen molar-refractivity contribution >= 4 is 16.5 Å². The molecular formula is C12H19NO2S. The Balaban J connectivity index is 2.53. The van der Waals surface area contributed by atoms with Gasteiger partial charge in [-0.25, -0.2) is 0 Å². The Morgan fingerprint density at radius 2 is 2.19 bits per heavy atom. The highest BCUT2D eigenvalue weighted by Gasteiger charge is 2.06. The molecule has 90 valence electrons. The summed E-state index contributed by atoms with van der Waals surface area (Å²) in [6, 6.07) is 5.50. The van der Waals surface area contributed by atoms with Crippen LogP contribution < -0.4 is 5.73 Å². The number of nitrogen functional groups attached to an aromatic ring is 1. The van der Waals surface area contributed by atoms with Gasteiger partial charge in [0.25, 0.3) is 0 Å². The molecule has 0 aliphatic rings. The highest BCUT2D eigenvalue weighted by molar-refractivity contribution is 7.85. The highest BCUT2D eigenvalue weighted by atomic mass is 32.2. The van der Waals surface area contributed by atoms with Gasteiger partial charge < -0.3 is 10.5 Å². The van der Waals surface area contributed by atoms with Crippen LogP contribution in [-0.2, 0) is 15.5 Å². The summed E-state index contributed by atoms with van der Waals surface area (Å²) in [4.78, 5) is 0.880. The average Bonchev–Trinajstić information content (AvgIpc) is 2.24. The number of hydrogen-bond acceptors (Lipinski definition) is 3. The monoisotopic (exact) mass is 241 g/mol. The van der Waals surface area contributed by atoms with E-state index in [2.05, 4.69) is 0 Å². The highest BCUT2D eigenvalue weighted by Crippen LogP contribution is 2.16. The van der Waals surface area contributed by atoms with Crippen molar-refractivity contribution in [2.75, 3.05) is 24.7 Å². The van der Waals surface area contributed by atoms with E-state index in [4.69, 9.17) is 10.5 Å². The lowest BCUT2D eigenvalue weighted by Gasteiger charge is -2.06. The number of aryl methyl sites for hydroxylation is 1. The van der Waals surface area contributed by atoms with Crippen LogP contribution in [0.15, 0.2) is 23.1 Å². The maximum absolute atomic E-state index is 12.0. The lowest BCUT2D eigenvalue weighted by molar-refractivity contribution is 0.149. The Kier molecular flexibility index (Phi) is 5.49. The molecule has 1 rings (SSSR count). The Morgan fingerprint density at radius 1 is 1.44 bits per heavy atom. The largest absolute Gasteiger partial charge is 0.399 e. The first kappa shape index (κ1) is 13.2. The van der Waals surface area contributed by atoms with E-state index in [9.17, 15) is 4.21 Å². The van der Waals surface area contributed by atoms with E-state index in [1.165, 1.54) is 0 Å². The Hall–Kier alpha value is -0.870. The van der Waals surface area contributed by atoms with Crippen LogP contribution >= 0.6 is 0 Å². The zero-order valence-corrected chi connectivity index (χ0v) is 10.7. The van der Waals surface area contributed by atoms with Gasteiger partial charge in [-0.05, 0) is 44.0 Å². The Bertz CT molecular complexity index is 366. The van der Waals surface area contributed by atoms with Crippen molar-refractivity contribution in [1.82, 2.24) is 0 Å². The molecule has 4 heteroatoms. The quantitative estimate of drug-likeness (QED) is 0.613. The van der Waals surface area contributed by atoms with Crippen molar-refractivity contribution in [1.29, 1.82) is 0 Å². The molecule has 1 atom stereocenters. The minimum Gasteiger partial charge on any atom is -0.399 e. The van der Waals surface area contributed by atoms with E-state index >= 15 is 0 Å². The van der Waals surface area contributed by atoms with E-state index in [-0.39, 0.29) is 0 Å². The molecule has 0 fully saturated rings. The van der Waals surface area contributed by atoms with Crippen LogP contribution in [0.2, 0.25) is 0 Å². The summed E-state index contributed by atoms with van der Waals surface area (Å²) < 4.78 is 17.2. The Morgan fingerprint density at radius 3 is 2.81 bits per heavy atom. The van der Waals surface area contributed by atoms with Crippen molar-refractivity contribution < 1.29 is 8.95 Å². The predicted molar refractivity (Wildman–Crippen MR) is 68.0 cm³/mol. The maximum Gasteiger partial charge on any atom is 0.0533 e. The summed E-state index contributed by atoms with van der Waals surface area (Å²) in [5, 5.41) is 0. The van der Waals surface area contributed by atoms with Gasteiger partial charge in [-0.3, -0.25) is 4.21 Å². The predicted octanol–water partition coefficient (Wildman–Crippen LogP) is 2.11. The number of ether oxygens (including phenoxy) is 1. The zero-order valence-electron chi connectivity index (χ0n) is 9.86. The summed E-state index contributed by atoms with van der Waals surface area (Å²) >= 11 is 0.